The lowest BCUT2D eigenvalue weighted by Gasteiger charge is -2.08. The summed E-state index contributed by atoms with van der Waals surface area (Å²) in [6, 6.07) is 5.05. The fraction of sp³-hybridized carbons (Fsp3) is 0.300. The first kappa shape index (κ1) is 11.8. The molecule has 0 aliphatic rings. The van der Waals surface area contributed by atoms with E-state index in [4.69, 9.17) is 22.1 Å². The normalized spacial score (nSPS) is 9.80. The number of aryl methyl sites for hydroxylation is 1. The van der Waals surface area contributed by atoms with E-state index in [1.807, 2.05) is 6.92 Å². The van der Waals surface area contributed by atoms with Crippen LogP contribution in [-0.2, 0) is 0 Å². The summed E-state index contributed by atoms with van der Waals surface area (Å²) in [7, 11) is 0. The molecule has 0 aliphatic heterocycles. The molecular weight excluding hydrogens is 216 g/mol. The van der Waals surface area contributed by atoms with E-state index >= 15 is 0 Å². The van der Waals surface area contributed by atoms with E-state index in [0.29, 0.717) is 23.9 Å². The van der Waals surface area contributed by atoms with Gasteiger partial charge in [0, 0.05) is 18.1 Å². The first-order chi connectivity index (χ1) is 7.13. The first-order valence-electron chi connectivity index (χ1n) is 4.55. The molecule has 0 spiro atoms. The minimum atomic E-state index is -0.508. The third-order valence-electron chi connectivity index (χ3n) is 1.75. The highest BCUT2D eigenvalue weighted by atomic mass is 35.5. The number of benzene rings is 1. The van der Waals surface area contributed by atoms with Crippen molar-refractivity contribution in [2.24, 2.45) is 5.73 Å². The fourth-order valence-electron chi connectivity index (χ4n) is 1.04. The van der Waals surface area contributed by atoms with E-state index < -0.39 is 6.09 Å². The van der Waals surface area contributed by atoms with E-state index in [9.17, 15) is 4.79 Å². The molecule has 15 heavy (non-hydrogen) atoms. The highest BCUT2D eigenvalue weighted by Gasteiger charge is 2.05. The van der Waals surface area contributed by atoms with Crippen LogP contribution in [0.4, 0.5) is 4.79 Å². The Labute approximate surface area is 93.4 Å². The molecule has 5 heteroatoms. The van der Waals surface area contributed by atoms with Gasteiger partial charge in [-0.05, 0) is 30.7 Å². The van der Waals surface area contributed by atoms with E-state index in [1.54, 1.807) is 18.2 Å². The molecule has 0 heterocycles. The van der Waals surface area contributed by atoms with Crippen LogP contribution in [0.2, 0.25) is 5.02 Å². The van der Waals surface area contributed by atoms with Crippen molar-refractivity contribution in [1.29, 1.82) is 0 Å². The molecule has 0 radical (unpaired) electrons. The standard InChI is InChI=1S/C10H13ClN2O2/c1-7-6-8(11)2-3-9(7)15-10(14)13-5-4-12/h2-3,6H,4-5,12H2,1H3,(H,13,14). The zero-order valence-electron chi connectivity index (χ0n) is 8.42. The lowest BCUT2D eigenvalue weighted by Crippen LogP contribution is -2.31. The van der Waals surface area contributed by atoms with Crippen molar-refractivity contribution in [3.8, 4) is 5.75 Å². The summed E-state index contributed by atoms with van der Waals surface area (Å²) in [5.74, 6) is 0.494. The summed E-state index contributed by atoms with van der Waals surface area (Å²) >= 11 is 5.76. The van der Waals surface area contributed by atoms with Crippen molar-refractivity contribution < 1.29 is 9.53 Å². The molecular formula is C10H13ClN2O2. The zero-order chi connectivity index (χ0) is 11.3. The maximum Gasteiger partial charge on any atom is 0.412 e. The molecule has 1 aromatic rings. The number of carbonyl (C=O) groups excluding carboxylic acids is 1. The van der Waals surface area contributed by atoms with Gasteiger partial charge in [-0.25, -0.2) is 4.79 Å². The van der Waals surface area contributed by atoms with Crippen molar-refractivity contribution in [2.45, 2.75) is 6.92 Å². The Kier molecular flexibility index (Phi) is 4.39. The Bertz CT molecular complexity index is 355. The number of amides is 1. The van der Waals surface area contributed by atoms with Crippen molar-refractivity contribution >= 4 is 17.7 Å². The highest BCUT2D eigenvalue weighted by molar-refractivity contribution is 6.30. The number of carbonyl (C=O) groups is 1. The van der Waals surface area contributed by atoms with Gasteiger partial charge < -0.3 is 15.8 Å². The number of hydrogen-bond donors (Lipinski definition) is 2. The van der Waals surface area contributed by atoms with Crippen LogP contribution in [0.1, 0.15) is 5.56 Å². The van der Waals surface area contributed by atoms with E-state index in [0.717, 1.165) is 5.56 Å². The average Bonchev–Trinajstić information content (AvgIpc) is 2.19. The van der Waals surface area contributed by atoms with Crippen LogP contribution in [0.3, 0.4) is 0 Å². The number of nitrogens with one attached hydrogen (secondary N) is 1. The molecule has 0 bridgehead atoms. The smallest absolute Gasteiger partial charge is 0.410 e. The van der Waals surface area contributed by atoms with Crippen molar-refractivity contribution in [1.82, 2.24) is 5.32 Å². The zero-order valence-corrected chi connectivity index (χ0v) is 9.17. The molecule has 1 amide bonds. The van der Waals surface area contributed by atoms with Gasteiger partial charge in [0.25, 0.3) is 0 Å². The maximum atomic E-state index is 11.2. The van der Waals surface area contributed by atoms with Crippen LogP contribution < -0.4 is 15.8 Å². The summed E-state index contributed by atoms with van der Waals surface area (Å²) in [4.78, 5) is 11.2. The molecule has 0 unspecified atom stereocenters. The lowest BCUT2D eigenvalue weighted by atomic mass is 10.2. The molecule has 0 atom stereocenters. The molecule has 0 saturated heterocycles. The summed E-state index contributed by atoms with van der Waals surface area (Å²) < 4.78 is 5.04. The second kappa shape index (κ2) is 5.58. The Morgan fingerprint density at radius 1 is 1.60 bits per heavy atom. The van der Waals surface area contributed by atoms with Gasteiger partial charge >= 0.3 is 6.09 Å². The summed E-state index contributed by atoms with van der Waals surface area (Å²) in [5.41, 5.74) is 6.04. The highest BCUT2D eigenvalue weighted by Crippen LogP contribution is 2.21. The van der Waals surface area contributed by atoms with Gasteiger partial charge in [-0.15, -0.1) is 0 Å². The van der Waals surface area contributed by atoms with Crippen LogP contribution in [0, 0.1) is 6.92 Å². The molecule has 0 saturated carbocycles. The molecule has 4 nitrogen and oxygen atoms in total. The second-order valence-electron chi connectivity index (χ2n) is 3.01. The second-order valence-corrected chi connectivity index (χ2v) is 3.45. The van der Waals surface area contributed by atoms with Crippen LogP contribution in [0.15, 0.2) is 18.2 Å². The Morgan fingerprint density at radius 3 is 2.93 bits per heavy atom. The van der Waals surface area contributed by atoms with Gasteiger partial charge in [0.15, 0.2) is 0 Å². The summed E-state index contributed by atoms with van der Waals surface area (Å²) in [6.07, 6.45) is -0.508. The molecule has 0 aliphatic carbocycles. The number of halogens is 1. The van der Waals surface area contributed by atoms with Crippen molar-refractivity contribution in [3.63, 3.8) is 0 Å². The maximum absolute atomic E-state index is 11.2. The fourth-order valence-corrected chi connectivity index (χ4v) is 1.26. The van der Waals surface area contributed by atoms with Gasteiger partial charge in [-0.1, -0.05) is 11.6 Å². The number of hydrogen-bond acceptors (Lipinski definition) is 3. The molecule has 1 rings (SSSR count). The molecule has 0 fully saturated rings. The Balaban J connectivity index is 2.60. The SMILES string of the molecule is Cc1cc(Cl)ccc1OC(=O)NCCN. The summed E-state index contributed by atoms with van der Waals surface area (Å²) in [5, 5.41) is 3.12. The average molecular weight is 229 g/mol. The van der Waals surface area contributed by atoms with Crippen LogP contribution in [0.5, 0.6) is 5.75 Å². The van der Waals surface area contributed by atoms with Crippen molar-refractivity contribution in [2.75, 3.05) is 13.1 Å². The monoisotopic (exact) mass is 228 g/mol. The summed E-state index contributed by atoms with van der Waals surface area (Å²) in [6.45, 7) is 2.59. The number of nitrogens with two attached hydrogens (primary N) is 1. The number of rotatable bonds is 3. The van der Waals surface area contributed by atoms with Crippen LogP contribution in [-0.4, -0.2) is 19.2 Å². The van der Waals surface area contributed by atoms with E-state index in [2.05, 4.69) is 5.32 Å². The molecule has 0 aromatic heterocycles. The van der Waals surface area contributed by atoms with Gasteiger partial charge in [0.2, 0.25) is 0 Å². The van der Waals surface area contributed by atoms with Gasteiger partial charge in [-0.2, -0.15) is 0 Å². The Hall–Kier alpha value is -1.26. The number of ether oxygens (including phenoxy) is 1. The third-order valence-corrected chi connectivity index (χ3v) is 1.99. The van der Waals surface area contributed by atoms with Crippen LogP contribution in [0.25, 0.3) is 0 Å². The third kappa shape index (κ3) is 3.77. The van der Waals surface area contributed by atoms with Gasteiger partial charge in [-0.3, -0.25) is 0 Å². The van der Waals surface area contributed by atoms with E-state index in [1.165, 1.54) is 0 Å². The minimum absolute atomic E-state index is 0.384. The topological polar surface area (TPSA) is 64.3 Å². The lowest BCUT2D eigenvalue weighted by molar-refractivity contribution is 0.200. The Morgan fingerprint density at radius 2 is 2.33 bits per heavy atom. The molecule has 1 aromatic carbocycles. The minimum Gasteiger partial charge on any atom is -0.410 e. The van der Waals surface area contributed by atoms with Gasteiger partial charge in [0.1, 0.15) is 5.75 Å². The predicted molar refractivity (Wildman–Crippen MR) is 59.3 cm³/mol. The quantitative estimate of drug-likeness (QED) is 0.828. The predicted octanol–water partition coefficient (Wildman–Crippen LogP) is 1.70. The first-order valence-corrected chi connectivity index (χ1v) is 4.93. The largest absolute Gasteiger partial charge is 0.412 e. The van der Waals surface area contributed by atoms with Crippen LogP contribution >= 0.6 is 11.6 Å². The van der Waals surface area contributed by atoms with E-state index in [-0.39, 0.29) is 0 Å². The molecule has 82 valence electrons. The van der Waals surface area contributed by atoms with Gasteiger partial charge in [0.05, 0.1) is 0 Å². The molecule has 3 N–H and O–H groups in total. The van der Waals surface area contributed by atoms with Crippen molar-refractivity contribution in [3.05, 3.63) is 28.8 Å².